The molecule has 3 nitrogen and oxygen atoms in total. The first-order valence-electron chi connectivity index (χ1n) is 6.01. The van der Waals surface area contributed by atoms with E-state index >= 15 is 0 Å². The van der Waals surface area contributed by atoms with E-state index in [0.717, 1.165) is 11.4 Å². The van der Waals surface area contributed by atoms with Gasteiger partial charge in [-0.05, 0) is 37.4 Å². The van der Waals surface area contributed by atoms with Crippen LogP contribution in [0, 0.1) is 0 Å². The smallest absolute Gasteiger partial charge is 0.219 e. The van der Waals surface area contributed by atoms with Crippen LogP contribution in [0.15, 0.2) is 33.9 Å². The largest absolute Gasteiger partial charge is 0.327 e. The predicted octanol–water partition coefficient (Wildman–Crippen LogP) is 3.33. The van der Waals surface area contributed by atoms with Gasteiger partial charge in [0.15, 0.2) is 0 Å². The molecule has 4 heteroatoms. The lowest BCUT2D eigenvalue weighted by atomic mass is 10.2. The third kappa shape index (κ3) is 2.44. The molecule has 92 valence electrons. The van der Waals surface area contributed by atoms with Crippen molar-refractivity contribution in [1.29, 1.82) is 0 Å². The van der Waals surface area contributed by atoms with Crippen LogP contribution in [0.2, 0.25) is 0 Å². The molecule has 0 spiro atoms. The topological polar surface area (TPSA) is 28.0 Å². The molecule has 1 aliphatic carbocycles. The summed E-state index contributed by atoms with van der Waals surface area (Å²) in [6.07, 6.45) is 7.10. The number of allylic oxidation sites excluding steroid dienone is 1. The zero-order valence-electron chi connectivity index (χ0n) is 10.4. The van der Waals surface area contributed by atoms with Gasteiger partial charge in [-0.25, -0.2) is 4.99 Å². The number of amidine groups is 2. The number of nitrogens with zero attached hydrogens (tertiary/aromatic N) is 3. The molecule has 2 rings (SSSR count). The van der Waals surface area contributed by atoms with Crippen LogP contribution in [0.1, 0.15) is 32.6 Å². The summed E-state index contributed by atoms with van der Waals surface area (Å²) in [5.74, 6) is 0.866. The highest BCUT2D eigenvalue weighted by Crippen LogP contribution is 2.32. The molecule has 0 radical (unpaired) electrons. The summed E-state index contributed by atoms with van der Waals surface area (Å²) in [5.41, 5.74) is 2.14. The van der Waals surface area contributed by atoms with E-state index in [1.807, 2.05) is 0 Å². The lowest BCUT2D eigenvalue weighted by molar-refractivity contribution is 0.388. The standard InChI is InChI=1S/C13H18ClN3/c1-9-8-10(2)17(11-6-4-5-7-11)12(9)16-13(14)15-3/h8,11H,1,4-7H2,2-3H3/b15-13?,16-12+. The van der Waals surface area contributed by atoms with Gasteiger partial charge in [-0.1, -0.05) is 19.4 Å². The molecule has 0 aromatic carbocycles. The summed E-state index contributed by atoms with van der Waals surface area (Å²) in [6.45, 7) is 6.13. The van der Waals surface area contributed by atoms with E-state index in [4.69, 9.17) is 11.6 Å². The average molecular weight is 252 g/mol. The van der Waals surface area contributed by atoms with Crippen LogP contribution in [0.5, 0.6) is 0 Å². The van der Waals surface area contributed by atoms with Gasteiger partial charge in [0.2, 0.25) is 5.29 Å². The van der Waals surface area contributed by atoms with E-state index < -0.39 is 0 Å². The normalized spacial score (nSPS) is 25.0. The quantitative estimate of drug-likeness (QED) is 0.399. The van der Waals surface area contributed by atoms with Crippen LogP contribution in [0.3, 0.4) is 0 Å². The Hall–Kier alpha value is -1.09. The third-order valence-electron chi connectivity index (χ3n) is 3.35. The van der Waals surface area contributed by atoms with Crippen LogP contribution < -0.4 is 0 Å². The number of rotatable bonds is 1. The zero-order valence-corrected chi connectivity index (χ0v) is 11.2. The Morgan fingerprint density at radius 1 is 1.47 bits per heavy atom. The van der Waals surface area contributed by atoms with E-state index in [1.165, 1.54) is 31.4 Å². The highest BCUT2D eigenvalue weighted by atomic mass is 35.5. The van der Waals surface area contributed by atoms with E-state index in [2.05, 4.69) is 34.5 Å². The average Bonchev–Trinajstić information content (AvgIpc) is 2.88. The second-order valence-electron chi connectivity index (χ2n) is 4.55. The summed E-state index contributed by atoms with van der Waals surface area (Å²) in [4.78, 5) is 10.5. The summed E-state index contributed by atoms with van der Waals surface area (Å²) < 4.78 is 0. The van der Waals surface area contributed by atoms with Crippen LogP contribution in [-0.4, -0.2) is 29.1 Å². The van der Waals surface area contributed by atoms with E-state index in [0.29, 0.717) is 6.04 Å². The highest BCUT2D eigenvalue weighted by Gasteiger charge is 2.31. The maximum absolute atomic E-state index is 5.90. The summed E-state index contributed by atoms with van der Waals surface area (Å²) in [6, 6.07) is 0.547. The van der Waals surface area contributed by atoms with Crippen molar-refractivity contribution >= 4 is 22.7 Å². The molecule has 0 saturated heterocycles. The van der Waals surface area contributed by atoms with Crippen molar-refractivity contribution in [3.63, 3.8) is 0 Å². The van der Waals surface area contributed by atoms with Crippen molar-refractivity contribution in [3.05, 3.63) is 23.9 Å². The van der Waals surface area contributed by atoms with Crippen LogP contribution in [0.25, 0.3) is 0 Å². The fraction of sp³-hybridized carbons (Fsp3) is 0.538. The van der Waals surface area contributed by atoms with E-state index in [-0.39, 0.29) is 5.29 Å². The van der Waals surface area contributed by atoms with Gasteiger partial charge >= 0.3 is 0 Å². The predicted molar refractivity (Wildman–Crippen MR) is 73.6 cm³/mol. The summed E-state index contributed by atoms with van der Waals surface area (Å²) in [5, 5.41) is 0.284. The Labute approximate surface area is 108 Å². The molecule has 0 atom stereocenters. The van der Waals surface area contributed by atoms with Gasteiger partial charge in [0, 0.05) is 24.4 Å². The lowest BCUT2D eigenvalue weighted by Crippen LogP contribution is -2.34. The minimum Gasteiger partial charge on any atom is -0.327 e. The van der Waals surface area contributed by atoms with Crippen LogP contribution >= 0.6 is 11.6 Å². The minimum atomic E-state index is 0.284. The fourth-order valence-corrected chi connectivity index (χ4v) is 2.67. The Morgan fingerprint density at radius 3 is 2.71 bits per heavy atom. The van der Waals surface area contributed by atoms with Crippen molar-refractivity contribution in [2.45, 2.75) is 38.6 Å². The van der Waals surface area contributed by atoms with Crippen molar-refractivity contribution in [2.24, 2.45) is 9.98 Å². The molecule has 0 unspecified atom stereocenters. The Balaban J connectivity index is 2.29. The van der Waals surface area contributed by atoms with Gasteiger partial charge < -0.3 is 4.90 Å². The van der Waals surface area contributed by atoms with Gasteiger partial charge in [0.25, 0.3) is 0 Å². The van der Waals surface area contributed by atoms with Gasteiger partial charge in [0.1, 0.15) is 5.84 Å². The van der Waals surface area contributed by atoms with Crippen LogP contribution in [-0.2, 0) is 0 Å². The van der Waals surface area contributed by atoms with E-state index in [9.17, 15) is 0 Å². The molecule has 1 fully saturated rings. The lowest BCUT2D eigenvalue weighted by Gasteiger charge is -2.28. The SMILES string of the molecule is C=C1C=C(C)N(C2CCCC2)/C1=N/C(Cl)=NC. The van der Waals surface area contributed by atoms with Crippen molar-refractivity contribution in [2.75, 3.05) is 7.05 Å². The molecule has 1 heterocycles. The Morgan fingerprint density at radius 2 is 2.12 bits per heavy atom. The molecule has 0 amide bonds. The molecule has 1 aliphatic heterocycles. The van der Waals surface area contributed by atoms with Gasteiger partial charge in [-0.2, -0.15) is 0 Å². The maximum atomic E-state index is 5.90. The number of halogens is 1. The highest BCUT2D eigenvalue weighted by molar-refractivity contribution is 6.65. The molecule has 0 aromatic rings. The van der Waals surface area contributed by atoms with Gasteiger partial charge in [0.05, 0.1) is 0 Å². The molecule has 1 saturated carbocycles. The van der Waals surface area contributed by atoms with Gasteiger partial charge in [-0.15, -0.1) is 0 Å². The molecule has 0 bridgehead atoms. The number of aliphatic imine (C=N–C) groups is 2. The maximum Gasteiger partial charge on any atom is 0.219 e. The van der Waals surface area contributed by atoms with Gasteiger partial charge in [-0.3, -0.25) is 4.99 Å². The van der Waals surface area contributed by atoms with Crippen molar-refractivity contribution in [3.8, 4) is 0 Å². The third-order valence-corrected chi connectivity index (χ3v) is 3.60. The summed E-state index contributed by atoms with van der Waals surface area (Å²) >= 11 is 5.90. The van der Waals surface area contributed by atoms with Crippen molar-refractivity contribution in [1.82, 2.24) is 4.90 Å². The first kappa shape index (κ1) is 12.4. The Kier molecular flexibility index (Phi) is 3.67. The second-order valence-corrected chi connectivity index (χ2v) is 4.89. The summed E-state index contributed by atoms with van der Waals surface area (Å²) in [7, 11) is 1.64. The molecular formula is C13H18ClN3. The van der Waals surface area contributed by atoms with Crippen LogP contribution in [0.4, 0.5) is 0 Å². The number of hydrogen-bond donors (Lipinski definition) is 0. The van der Waals surface area contributed by atoms with Crippen molar-refractivity contribution < 1.29 is 0 Å². The molecule has 0 aromatic heterocycles. The second kappa shape index (κ2) is 5.05. The first-order chi connectivity index (χ1) is 8.13. The molecular weight excluding hydrogens is 234 g/mol. The molecule has 17 heavy (non-hydrogen) atoms. The molecule has 2 aliphatic rings. The molecule has 0 N–H and O–H groups in total. The monoisotopic (exact) mass is 251 g/mol. The first-order valence-corrected chi connectivity index (χ1v) is 6.39. The fourth-order valence-electron chi connectivity index (χ4n) is 2.59. The zero-order chi connectivity index (χ0) is 12.4. The minimum absolute atomic E-state index is 0.284. The van der Waals surface area contributed by atoms with E-state index in [1.54, 1.807) is 7.05 Å². The Bertz CT molecular complexity index is 414. The number of hydrogen-bond acceptors (Lipinski definition) is 1.